The van der Waals surface area contributed by atoms with Crippen molar-refractivity contribution in [2.45, 2.75) is 13.3 Å². The monoisotopic (exact) mass is 211 g/mol. The van der Waals surface area contributed by atoms with Gasteiger partial charge in [-0.25, -0.2) is 0 Å². The zero-order valence-electron chi connectivity index (χ0n) is 8.67. The third kappa shape index (κ3) is 2.26. The van der Waals surface area contributed by atoms with E-state index in [2.05, 4.69) is 0 Å². The normalized spacial score (nSPS) is 10.0. The summed E-state index contributed by atoms with van der Waals surface area (Å²) in [5.74, 6) is 0.143. The predicted octanol–water partition coefficient (Wildman–Crippen LogP) is 3.00. The molecule has 0 aliphatic rings. The van der Waals surface area contributed by atoms with Gasteiger partial charge >= 0.3 is 0 Å². The van der Waals surface area contributed by atoms with Crippen molar-refractivity contribution in [3.05, 3.63) is 28.8 Å². The van der Waals surface area contributed by atoms with E-state index in [-0.39, 0.29) is 5.78 Å². The molecule has 76 valence electrons. The van der Waals surface area contributed by atoms with Crippen LogP contribution in [0, 0.1) is 0 Å². The quantitative estimate of drug-likeness (QED) is 0.717. The van der Waals surface area contributed by atoms with Crippen LogP contribution < -0.4 is 4.90 Å². The molecule has 2 nitrogen and oxygen atoms in total. The molecular weight excluding hydrogens is 198 g/mol. The van der Waals surface area contributed by atoms with E-state index in [1.54, 1.807) is 12.1 Å². The van der Waals surface area contributed by atoms with Crippen molar-refractivity contribution in [1.29, 1.82) is 0 Å². The molecule has 1 rings (SSSR count). The molecule has 0 N–H and O–H groups in total. The molecule has 0 aliphatic heterocycles. The summed E-state index contributed by atoms with van der Waals surface area (Å²) < 4.78 is 0. The number of ketones is 1. The largest absolute Gasteiger partial charge is 0.376 e. The Hall–Kier alpha value is -1.02. The fourth-order valence-electron chi connectivity index (χ4n) is 1.23. The van der Waals surface area contributed by atoms with Gasteiger partial charge in [0.05, 0.1) is 10.7 Å². The van der Waals surface area contributed by atoms with Gasteiger partial charge in [-0.15, -0.1) is 0 Å². The Kier molecular flexibility index (Phi) is 3.53. The Bertz CT molecular complexity index is 347. The summed E-state index contributed by atoms with van der Waals surface area (Å²) in [6.07, 6.45) is 0.522. The van der Waals surface area contributed by atoms with Crippen molar-refractivity contribution in [2.24, 2.45) is 0 Å². The fraction of sp³-hybridized carbons (Fsp3) is 0.364. The van der Waals surface area contributed by atoms with Crippen LogP contribution in [-0.2, 0) is 0 Å². The van der Waals surface area contributed by atoms with Crippen molar-refractivity contribution < 1.29 is 4.79 Å². The number of halogens is 1. The van der Waals surface area contributed by atoms with Gasteiger partial charge in [-0.2, -0.15) is 0 Å². The molecule has 3 heteroatoms. The van der Waals surface area contributed by atoms with Gasteiger partial charge in [-0.3, -0.25) is 4.79 Å². The third-order valence-electron chi connectivity index (χ3n) is 2.07. The molecule has 0 aliphatic carbocycles. The van der Waals surface area contributed by atoms with Crippen LogP contribution in [0.3, 0.4) is 0 Å². The van der Waals surface area contributed by atoms with E-state index in [1.165, 1.54) is 0 Å². The highest BCUT2D eigenvalue weighted by Crippen LogP contribution is 2.25. The SMILES string of the molecule is CCC(=O)c1ccc(Cl)c(N(C)C)c1. The maximum atomic E-state index is 11.4. The first kappa shape index (κ1) is 11.1. The minimum Gasteiger partial charge on any atom is -0.376 e. The summed E-state index contributed by atoms with van der Waals surface area (Å²) in [4.78, 5) is 13.3. The fourth-order valence-corrected chi connectivity index (χ4v) is 1.52. The maximum absolute atomic E-state index is 11.4. The van der Waals surface area contributed by atoms with E-state index in [4.69, 9.17) is 11.6 Å². The van der Waals surface area contributed by atoms with Crippen LogP contribution in [0.4, 0.5) is 5.69 Å². The lowest BCUT2D eigenvalue weighted by Gasteiger charge is -2.15. The standard InChI is InChI=1S/C11H14ClNO/c1-4-11(14)8-5-6-9(12)10(7-8)13(2)3/h5-7H,4H2,1-3H3. The summed E-state index contributed by atoms with van der Waals surface area (Å²) in [5, 5.41) is 0.669. The second-order valence-corrected chi connectivity index (χ2v) is 3.74. The van der Waals surface area contributed by atoms with Crippen LogP contribution in [0.5, 0.6) is 0 Å². The highest BCUT2D eigenvalue weighted by Gasteiger charge is 2.07. The molecule has 0 bridgehead atoms. The second-order valence-electron chi connectivity index (χ2n) is 3.34. The van der Waals surface area contributed by atoms with Gasteiger partial charge in [0.25, 0.3) is 0 Å². The third-order valence-corrected chi connectivity index (χ3v) is 2.39. The Morgan fingerprint density at radius 3 is 2.57 bits per heavy atom. The number of nitrogens with zero attached hydrogens (tertiary/aromatic N) is 1. The summed E-state index contributed by atoms with van der Waals surface area (Å²) in [5.41, 5.74) is 1.60. The van der Waals surface area contributed by atoms with E-state index in [0.717, 1.165) is 11.3 Å². The molecule has 0 amide bonds. The molecule has 0 saturated carbocycles. The second kappa shape index (κ2) is 4.47. The number of carbonyl (C=O) groups is 1. The van der Waals surface area contributed by atoms with Crippen molar-refractivity contribution in [3.8, 4) is 0 Å². The Balaban J connectivity index is 3.13. The van der Waals surface area contributed by atoms with Crippen LogP contribution in [0.15, 0.2) is 18.2 Å². The molecule has 0 atom stereocenters. The first-order valence-corrected chi connectivity index (χ1v) is 4.94. The molecule has 1 aromatic rings. The van der Waals surface area contributed by atoms with Crippen LogP contribution in [-0.4, -0.2) is 19.9 Å². The van der Waals surface area contributed by atoms with Gasteiger partial charge < -0.3 is 4.90 Å². The maximum Gasteiger partial charge on any atom is 0.162 e. The Morgan fingerprint density at radius 2 is 2.07 bits per heavy atom. The van der Waals surface area contributed by atoms with Crippen LogP contribution in [0.25, 0.3) is 0 Å². The number of hydrogen-bond donors (Lipinski definition) is 0. The first-order chi connectivity index (χ1) is 6.56. The molecule has 0 radical (unpaired) electrons. The average Bonchev–Trinajstić information content (AvgIpc) is 2.17. The van der Waals surface area contributed by atoms with Crippen LogP contribution in [0.2, 0.25) is 5.02 Å². The van der Waals surface area contributed by atoms with Gasteiger partial charge in [-0.1, -0.05) is 18.5 Å². The topological polar surface area (TPSA) is 20.3 Å². The van der Waals surface area contributed by atoms with Gasteiger partial charge in [-0.05, 0) is 18.2 Å². The lowest BCUT2D eigenvalue weighted by Crippen LogP contribution is -2.10. The van der Waals surface area contributed by atoms with Crippen molar-refractivity contribution in [3.63, 3.8) is 0 Å². The number of Topliss-reactive ketones (excluding diaryl/α,β-unsaturated/α-hetero) is 1. The predicted molar refractivity (Wildman–Crippen MR) is 60.4 cm³/mol. The number of anilines is 1. The molecule has 0 fully saturated rings. The smallest absolute Gasteiger partial charge is 0.162 e. The van der Waals surface area contributed by atoms with E-state index in [0.29, 0.717) is 11.4 Å². The number of rotatable bonds is 3. The van der Waals surface area contributed by atoms with Gasteiger partial charge in [0.1, 0.15) is 0 Å². The lowest BCUT2D eigenvalue weighted by molar-refractivity contribution is 0.0988. The van der Waals surface area contributed by atoms with Crippen LogP contribution in [0.1, 0.15) is 23.7 Å². The lowest BCUT2D eigenvalue weighted by atomic mass is 10.1. The Labute approximate surface area is 89.5 Å². The van der Waals surface area contributed by atoms with Gasteiger partial charge in [0.2, 0.25) is 0 Å². The highest BCUT2D eigenvalue weighted by atomic mass is 35.5. The summed E-state index contributed by atoms with van der Waals surface area (Å²) >= 11 is 5.99. The molecule has 0 aromatic heterocycles. The molecule has 14 heavy (non-hydrogen) atoms. The Morgan fingerprint density at radius 1 is 1.43 bits per heavy atom. The van der Waals surface area contributed by atoms with Gasteiger partial charge in [0.15, 0.2) is 5.78 Å². The van der Waals surface area contributed by atoms with E-state index >= 15 is 0 Å². The molecule has 0 spiro atoms. The van der Waals surface area contributed by atoms with Crippen molar-refractivity contribution >= 4 is 23.1 Å². The van der Waals surface area contributed by atoms with Gasteiger partial charge in [0, 0.05) is 26.1 Å². The summed E-state index contributed by atoms with van der Waals surface area (Å²) in [7, 11) is 3.81. The summed E-state index contributed by atoms with van der Waals surface area (Å²) in [6, 6.07) is 5.36. The molecule has 0 unspecified atom stereocenters. The van der Waals surface area contributed by atoms with E-state index in [9.17, 15) is 4.79 Å². The van der Waals surface area contributed by atoms with E-state index < -0.39 is 0 Å². The first-order valence-electron chi connectivity index (χ1n) is 4.56. The highest BCUT2D eigenvalue weighted by molar-refractivity contribution is 6.33. The molecule has 0 heterocycles. The number of benzene rings is 1. The average molecular weight is 212 g/mol. The molecular formula is C11H14ClNO. The van der Waals surface area contributed by atoms with Crippen molar-refractivity contribution in [1.82, 2.24) is 0 Å². The minimum absolute atomic E-state index is 0.143. The zero-order chi connectivity index (χ0) is 10.7. The molecule has 0 saturated heterocycles. The zero-order valence-corrected chi connectivity index (χ0v) is 9.43. The molecule has 1 aromatic carbocycles. The number of carbonyl (C=O) groups excluding carboxylic acids is 1. The summed E-state index contributed by atoms with van der Waals surface area (Å²) in [6.45, 7) is 1.85. The van der Waals surface area contributed by atoms with Crippen molar-refractivity contribution in [2.75, 3.05) is 19.0 Å². The number of hydrogen-bond acceptors (Lipinski definition) is 2. The van der Waals surface area contributed by atoms with Crippen LogP contribution >= 0.6 is 11.6 Å². The minimum atomic E-state index is 0.143. The van der Waals surface area contributed by atoms with E-state index in [1.807, 2.05) is 32.0 Å².